The predicted molar refractivity (Wildman–Crippen MR) is 74.5 cm³/mol. The summed E-state index contributed by atoms with van der Waals surface area (Å²) in [6, 6.07) is 3.57. The summed E-state index contributed by atoms with van der Waals surface area (Å²) in [6.07, 6.45) is 0. The molecule has 0 fully saturated rings. The highest BCUT2D eigenvalue weighted by molar-refractivity contribution is 5.18. The monoisotopic (exact) mass is 295 g/mol. The zero-order valence-electron chi connectivity index (χ0n) is 12.7. The topological polar surface area (TPSA) is 42.2 Å². The van der Waals surface area contributed by atoms with Crippen LogP contribution in [0, 0.1) is 11.6 Å². The molecule has 2 rings (SSSR count). The first-order chi connectivity index (χ1) is 9.75. The van der Waals surface area contributed by atoms with E-state index in [1.165, 1.54) is 12.1 Å². The van der Waals surface area contributed by atoms with Gasteiger partial charge in [0.2, 0.25) is 5.89 Å². The highest BCUT2D eigenvalue weighted by atomic mass is 19.1. The van der Waals surface area contributed by atoms with E-state index < -0.39 is 11.6 Å². The van der Waals surface area contributed by atoms with E-state index in [4.69, 9.17) is 4.52 Å². The van der Waals surface area contributed by atoms with Crippen LogP contribution in [-0.4, -0.2) is 22.1 Å². The predicted octanol–water partition coefficient (Wildman–Crippen LogP) is 3.28. The van der Waals surface area contributed by atoms with Crippen LogP contribution >= 0.6 is 0 Å². The maximum Gasteiger partial charge on any atom is 0.240 e. The normalized spacial score (nSPS) is 12.1. The minimum Gasteiger partial charge on any atom is -0.338 e. The molecule has 2 aromatic rings. The Bertz CT molecular complexity index is 620. The van der Waals surface area contributed by atoms with E-state index in [1.54, 1.807) is 0 Å². The van der Waals surface area contributed by atoms with Gasteiger partial charge in [-0.2, -0.15) is 4.98 Å². The van der Waals surface area contributed by atoms with Crippen LogP contribution in [0.1, 0.15) is 38.0 Å². The SMILES string of the molecule is CN(Cc1nc(C(C)(C)C)no1)Cc1ccc(F)cc1F. The van der Waals surface area contributed by atoms with E-state index in [0.29, 0.717) is 30.4 Å². The van der Waals surface area contributed by atoms with Gasteiger partial charge in [0.15, 0.2) is 5.82 Å². The highest BCUT2D eigenvalue weighted by Crippen LogP contribution is 2.19. The molecule has 0 bridgehead atoms. The van der Waals surface area contributed by atoms with Gasteiger partial charge < -0.3 is 4.52 Å². The Morgan fingerprint density at radius 3 is 2.48 bits per heavy atom. The van der Waals surface area contributed by atoms with Crippen molar-refractivity contribution in [1.29, 1.82) is 0 Å². The molecular weight excluding hydrogens is 276 g/mol. The Balaban J connectivity index is 2.01. The molecule has 4 nitrogen and oxygen atoms in total. The van der Waals surface area contributed by atoms with E-state index >= 15 is 0 Å². The van der Waals surface area contributed by atoms with Gasteiger partial charge in [0.05, 0.1) is 6.54 Å². The van der Waals surface area contributed by atoms with Gasteiger partial charge in [-0.3, -0.25) is 4.90 Å². The molecule has 21 heavy (non-hydrogen) atoms. The van der Waals surface area contributed by atoms with Crippen LogP contribution in [-0.2, 0) is 18.5 Å². The average molecular weight is 295 g/mol. The fraction of sp³-hybridized carbons (Fsp3) is 0.467. The van der Waals surface area contributed by atoms with Gasteiger partial charge in [-0.1, -0.05) is 32.0 Å². The standard InChI is InChI=1S/C15H19F2N3O/c1-15(2,3)14-18-13(21-19-14)9-20(4)8-10-5-6-11(16)7-12(10)17/h5-7H,8-9H2,1-4H3. The van der Waals surface area contributed by atoms with Crippen LogP contribution in [0.2, 0.25) is 0 Å². The van der Waals surface area contributed by atoms with Gasteiger partial charge in [0.1, 0.15) is 11.6 Å². The Labute approximate surface area is 122 Å². The second kappa shape index (κ2) is 5.89. The summed E-state index contributed by atoms with van der Waals surface area (Å²) < 4.78 is 31.6. The molecule has 1 heterocycles. The third-order valence-electron chi connectivity index (χ3n) is 3.00. The molecule has 0 atom stereocenters. The number of rotatable bonds is 4. The first kappa shape index (κ1) is 15.6. The lowest BCUT2D eigenvalue weighted by molar-refractivity contribution is 0.256. The molecule has 0 aliphatic carbocycles. The van der Waals surface area contributed by atoms with Gasteiger partial charge in [0.25, 0.3) is 0 Å². The van der Waals surface area contributed by atoms with Gasteiger partial charge in [-0.15, -0.1) is 0 Å². The molecule has 0 unspecified atom stereocenters. The van der Waals surface area contributed by atoms with Crippen LogP contribution in [0.25, 0.3) is 0 Å². The number of hydrogen-bond donors (Lipinski definition) is 0. The largest absolute Gasteiger partial charge is 0.338 e. The first-order valence-corrected chi connectivity index (χ1v) is 6.71. The van der Waals surface area contributed by atoms with Gasteiger partial charge >= 0.3 is 0 Å². The number of aromatic nitrogens is 2. The molecule has 1 aromatic carbocycles. The highest BCUT2D eigenvalue weighted by Gasteiger charge is 2.21. The molecule has 0 aliphatic rings. The van der Waals surface area contributed by atoms with Crippen molar-refractivity contribution in [3.05, 3.63) is 47.1 Å². The summed E-state index contributed by atoms with van der Waals surface area (Å²) in [6.45, 7) is 6.73. The first-order valence-electron chi connectivity index (χ1n) is 6.71. The molecule has 0 radical (unpaired) electrons. The summed E-state index contributed by atoms with van der Waals surface area (Å²) in [5.41, 5.74) is 0.248. The smallest absolute Gasteiger partial charge is 0.240 e. The Morgan fingerprint density at radius 2 is 1.90 bits per heavy atom. The fourth-order valence-electron chi connectivity index (χ4n) is 1.85. The van der Waals surface area contributed by atoms with Crippen LogP contribution in [0.15, 0.2) is 22.7 Å². The van der Waals surface area contributed by atoms with Crippen molar-refractivity contribution in [3.63, 3.8) is 0 Å². The molecule has 6 heteroatoms. The van der Waals surface area contributed by atoms with E-state index in [0.717, 1.165) is 6.07 Å². The second-order valence-electron chi connectivity index (χ2n) is 6.17. The molecular formula is C15H19F2N3O. The molecule has 0 aliphatic heterocycles. The Kier molecular flexibility index (Phi) is 4.37. The van der Waals surface area contributed by atoms with Crippen molar-refractivity contribution in [2.75, 3.05) is 7.05 Å². The van der Waals surface area contributed by atoms with E-state index in [-0.39, 0.29) is 5.41 Å². The van der Waals surface area contributed by atoms with Crippen molar-refractivity contribution in [1.82, 2.24) is 15.0 Å². The summed E-state index contributed by atoms with van der Waals surface area (Å²) in [5, 5.41) is 3.94. The number of benzene rings is 1. The maximum atomic E-state index is 13.6. The molecule has 0 amide bonds. The third kappa shape index (κ3) is 4.07. The molecule has 0 N–H and O–H groups in total. The summed E-state index contributed by atoms with van der Waals surface area (Å²) in [7, 11) is 1.81. The number of nitrogens with zero attached hydrogens (tertiary/aromatic N) is 3. The molecule has 0 spiro atoms. The lowest BCUT2D eigenvalue weighted by Gasteiger charge is -2.15. The zero-order chi connectivity index (χ0) is 15.6. The van der Waals surface area contributed by atoms with Crippen molar-refractivity contribution in [2.45, 2.75) is 39.3 Å². The van der Waals surface area contributed by atoms with Crippen molar-refractivity contribution in [3.8, 4) is 0 Å². The lowest BCUT2D eigenvalue weighted by Crippen LogP contribution is -2.19. The molecule has 0 saturated carbocycles. The fourth-order valence-corrected chi connectivity index (χ4v) is 1.85. The van der Waals surface area contributed by atoms with Crippen LogP contribution in [0.3, 0.4) is 0 Å². The third-order valence-corrected chi connectivity index (χ3v) is 3.00. The minimum atomic E-state index is -0.578. The van der Waals surface area contributed by atoms with Gasteiger partial charge in [0, 0.05) is 23.6 Å². The summed E-state index contributed by atoms with van der Waals surface area (Å²) >= 11 is 0. The zero-order valence-corrected chi connectivity index (χ0v) is 12.7. The van der Waals surface area contributed by atoms with Crippen LogP contribution in [0.4, 0.5) is 8.78 Å². The quantitative estimate of drug-likeness (QED) is 0.868. The van der Waals surface area contributed by atoms with Crippen molar-refractivity contribution < 1.29 is 13.3 Å². The molecule has 114 valence electrons. The van der Waals surface area contributed by atoms with Crippen LogP contribution < -0.4 is 0 Å². The van der Waals surface area contributed by atoms with Gasteiger partial charge in [-0.05, 0) is 13.1 Å². The Morgan fingerprint density at radius 1 is 1.19 bits per heavy atom. The van der Waals surface area contributed by atoms with Crippen molar-refractivity contribution in [2.24, 2.45) is 0 Å². The van der Waals surface area contributed by atoms with E-state index in [9.17, 15) is 8.78 Å². The van der Waals surface area contributed by atoms with Crippen LogP contribution in [0.5, 0.6) is 0 Å². The molecule has 1 aromatic heterocycles. The molecule has 0 saturated heterocycles. The number of hydrogen-bond acceptors (Lipinski definition) is 4. The lowest BCUT2D eigenvalue weighted by atomic mass is 9.96. The van der Waals surface area contributed by atoms with E-state index in [2.05, 4.69) is 10.1 Å². The Hall–Kier alpha value is -1.82. The van der Waals surface area contributed by atoms with E-state index in [1.807, 2.05) is 32.7 Å². The van der Waals surface area contributed by atoms with Crippen molar-refractivity contribution >= 4 is 0 Å². The average Bonchev–Trinajstić information content (AvgIpc) is 2.81. The maximum absolute atomic E-state index is 13.6. The van der Waals surface area contributed by atoms with Gasteiger partial charge in [-0.25, -0.2) is 8.78 Å². The second-order valence-corrected chi connectivity index (χ2v) is 6.17. The minimum absolute atomic E-state index is 0.177. The number of halogens is 2. The summed E-state index contributed by atoms with van der Waals surface area (Å²) in [4.78, 5) is 6.16. The summed E-state index contributed by atoms with van der Waals surface area (Å²) in [5.74, 6) is -0.0165.